The van der Waals surface area contributed by atoms with Crippen molar-refractivity contribution >= 4 is 34.7 Å². The lowest BCUT2D eigenvalue weighted by atomic mass is 10.2. The van der Waals surface area contributed by atoms with Crippen molar-refractivity contribution in [1.82, 2.24) is 4.98 Å². The van der Waals surface area contributed by atoms with Crippen LogP contribution >= 0.6 is 11.6 Å². The van der Waals surface area contributed by atoms with Crippen molar-refractivity contribution in [2.75, 3.05) is 18.2 Å². The van der Waals surface area contributed by atoms with Crippen LogP contribution in [0.4, 0.5) is 17.2 Å². The molecule has 0 saturated carbocycles. The summed E-state index contributed by atoms with van der Waals surface area (Å²) in [6.45, 7) is 0. The van der Waals surface area contributed by atoms with Crippen LogP contribution in [0.2, 0.25) is 5.02 Å². The second-order valence-electron chi connectivity index (χ2n) is 3.99. The average Bonchev–Trinajstić information content (AvgIpc) is 2.41. The number of hydrogen-bond donors (Lipinski definition) is 3. The van der Waals surface area contributed by atoms with Crippen molar-refractivity contribution in [3.8, 4) is 5.75 Å². The van der Waals surface area contributed by atoms with Crippen LogP contribution in [0.3, 0.4) is 0 Å². The normalized spacial score (nSPS) is 10.1. The summed E-state index contributed by atoms with van der Waals surface area (Å²) in [5, 5.41) is 3.54. The van der Waals surface area contributed by atoms with Crippen LogP contribution in [0.15, 0.2) is 30.5 Å². The molecule has 7 heteroatoms. The molecule has 0 saturated heterocycles. The minimum Gasteiger partial charge on any atom is -0.495 e. The fraction of sp³-hybridized carbons (Fsp3) is 0.0769. The molecule has 1 amide bonds. The Bertz CT molecular complexity index is 661. The SMILES string of the molecule is COc1ccc(Cl)cc1Nc1cc(C(N)=O)c(N)cn1. The van der Waals surface area contributed by atoms with Crippen LogP contribution < -0.4 is 21.5 Å². The number of primary amides is 1. The van der Waals surface area contributed by atoms with Crippen molar-refractivity contribution in [3.05, 3.63) is 41.0 Å². The molecule has 0 fully saturated rings. The molecule has 1 aromatic carbocycles. The van der Waals surface area contributed by atoms with Gasteiger partial charge >= 0.3 is 0 Å². The first-order valence-corrected chi connectivity index (χ1v) is 6.05. The van der Waals surface area contributed by atoms with Gasteiger partial charge in [-0.15, -0.1) is 0 Å². The molecule has 0 atom stereocenters. The lowest BCUT2D eigenvalue weighted by Gasteiger charge is -2.12. The first-order valence-electron chi connectivity index (χ1n) is 5.67. The zero-order valence-electron chi connectivity index (χ0n) is 10.7. The fourth-order valence-electron chi connectivity index (χ4n) is 1.66. The molecule has 0 bridgehead atoms. The number of pyridine rings is 1. The van der Waals surface area contributed by atoms with Crippen LogP contribution in [0, 0.1) is 0 Å². The second-order valence-corrected chi connectivity index (χ2v) is 4.43. The number of carbonyl (C=O) groups excluding carboxylic acids is 1. The number of ether oxygens (including phenoxy) is 1. The number of rotatable bonds is 4. The standard InChI is InChI=1S/C13H13ClN4O2/c1-20-11-3-2-7(14)4-10(11)18-12-5-8(13(16)19)9(15)6-17-12/h2-6H,15H2,1H3,(H2,16,19)(H,17,18). The Labute approximate surface area is 120 Å². The van der Waals surface area contributed by atoms with E-state index in [1.54, 1.807) is 25.3 Å². The highest BCUT2D eigenvalue weighted by Crippen LogP contribution is 2.30. The molecule has 2 aromatic rings. The molecule has 5 N–H and O–H groups in total. The van der Waals surface area contributed by atoms with Crippen molar-refractivity contribution in [1.29, 1.82) is 0 Å². The Balaban J connectivity index is 2.37. The molecule has 1 aromatic heterocycles. The number of benzene rings is 1. The number of hydrogen-bond acceptors (Lipinski definition) is 5. The van der Waals surface area contributed by atoms with E-state index < -0.39 is 5.91 Å². The Kier molecular flexibility index (Phi) is 3.95. The molecule has 0 spiro atoms. The number of carbonyl (C=O) groups is 1. The highest BCUT2D eigenvalue weighted by Gasteiger charge is 2.10. The van der Waals surface area contributed by atoms with Crippen LogP contribution in [-0.4, -0.2) is 18.0 Å². The van der Waals surface area contributed by atoms with Gasteiger partial charge in [0.05, 0.1) is 30.2 Å². The summed E-state index contributed by atoms with van der Waals surface area (Å²) in [6.07, 6.45) is 1.36. The highest BCUT2D eigenvalue weighted by molar-refractivity contribution is 6.31. The van der Waals surface area contributed by atoms with E-state index in [4.69, 9.17) is 27.8 Å². The summed E-state index contributed by atoms with van der Waals surface area (Å²) in [4.78, 5) is 15.3. The number of halogens is 1. The van der Waals surface area contributed by atoms with Gasteiger partial charge in [-0.1, -0.05) is 11.6 Å². The Morgan fingerprint density at radius 1 is 1.40 bits per heavy atom. The lowest BCUT2D eigenvalue weighted by Crippen LogP contribution is -2.14. The van der Waals surface area contributed by atoms with Crippen molar-refractivity contribution in [2.45, 2.75) is 0 Å². The molecule has 1 heterocycles. The molecular formula is C13H13ClN4O2. The van der Waals surface area contributed by atoms with E-state index in [0.717, 1.165) is 0 Å². The zero-order chi connectivity index (χ0) is 14.7. The molecule has 0 unspecified atom stereocenters. The minimum absolute atomic E-state index is 0.198. The number of amides is 1. The van der Waals surface area contributed by atoms with E-state index in [1.165, 1.54) is 12.3 Å². The van der Waals surface area contributed by atoms with Gasteiger partial charge in [0.1, 0.15) is 11.6 Å². The smallest absolute Gasteiger partial charge is 0.250 e. The summed E-state index contributed by atoms with van der Waals surface area (Å²) in [5.41, 5.74) is 11.9. The fourth-order valence-corrected chi connectivity index (χ4v) is 1.84. The third-order valence-corrected chi connectivity index (χ3v) is 2.86. The molecule has 0 aliphatic heterocycles. The zero-order valence-corrected chi connectivity index (χ0v) is 11.4. The molecule has 0 aliphatic carbocycles. The number of anilines is 3. The molecule has 6 nitrogen and oxygen atoms in total. The lowest BCUT2D eigenvalue weighted by molar-refractivity contribution is 0.100. The van der Waals surface area contributed by atoms with Gasteiger partial charge in [-0.3, -0.25) is 4.79 Å². The Morgan fingerprint density at radius 3 is 2.80 bits per heavy atom. The maximum atomic E-state index is 11.2. The molecular weight excluding hydrogens is 280 g/mol. The van der Waals surface area contributed by atoms with Crippen molar-refractivity contribution in [3.63, 3.8) is 0 Å². The van der Waals surface area contributed by atoms with Gasteiger partial charge in [0.25, 0.3) is 5.91 Å². The summed E-state index contributed by atoms with van der Waals surface area (Å²) < 4.78 is 5.21. The molecule has 104 valence electrons. The van der Waals surface area contributed by atoms with Gasteiger partial charge < -0.3 is 21.5 Å². The van der Waals surface area contributed by atoms with Gasteiger partial charge in [-0.2, -0.15) is 0 Å². The topological polar surface area (TPSA) is 103 Å². The van der Waals surface area contributed by atoms with Crippen molar-refractivity contribution < 1.29 is 9.53 Å². The Morgan fingerprint density at radius 2 is 2.15 bits per heavy atom. The average molecular weight is 293 g/mol. The summed E-state index contributed by atoms with van der Waals surface area (Å²) in [6, 6.07) is 6.58. The van der Waals surface area contributed by atoms with Gasteiger partial charge in [0.2, 0.25) is 0 Å². The predicted octanol–water partition coefficient (Wildman–Crippen LogP) is 2.17. The number of methoxy groups -OCH3 is 1. The van der Waals surface area contributed by atoms with Crippen LogP contribution in [0.5, 0.6) is 5.75 Å². The van der Waals surface area contributed by atoms with E-state index in [1.807, 2.05) is 0 Å². The van der Waals surface area contributed by atoms with Gasteiger partial charge in [-0.05, 0) is 24.3 Å². The second kappa shape index (κ2) is 5.66. The predicted molar refractivity (Wildman–Crippen MR) is 78.5 cm³/mol. The van der Waals surface area contributed by atoms with E-state index in [-0.39, 0.29) is 11.3 Å². The van der Waals surface area contributed by atoms with Crippen LogP contribution in [0.1, 0.15) is 10.4 Å². The molecule has 2 rings (SSSR count). The number of aromatic nitrogens is 1. The minimum atomic E-state index is -0.619. The molecule has 0 radical (unpaired) electrons. The van der Waals surface area contributed by atoms with Crippen LogP contribution in [-0.2, 0) is 0 Å². The van der Waals surface area contributed by atoms with Gasteiger partial charge in [0.15, 0.2) is 0 Å². The third-order valence-electron chi connectivity index (χ3n) is 2.62. The van der Waals surface area contributed by atoms with Gasteiger partial charge in [-0.25, -0.2) is 4.98 Å². The largest absolute Gasteiger partial charge is 0.495 e. The monoisotopic (exact) mass is 292 g/mol. The van der Waals surface area contributed by atoms with E-state index in [2.05, 4.69) is 10.3 Å². The highest BCUT2D eigenvalue weighted by atomic mass is 35.5. The maximum absolute atomic E-state index is 11.2. The van der Waals surface area contributed by atoms with Crippen LogP contribution in [0.25, 0.3) is 0 Å². The number of nitrogens with one attached hydrogen (secondary N) is 1. The number of nitrogens with zero attached hydrogens (tertiary/aromatic N) is 1. The van der Waals surface area contributed by atoms with E-state index in [9.17, 15) is 4.79 Å². The first kappa shape index (κ1) is 14.0. The summed E-state index contributed by atoms with van der Waals surface area (Å²) in [7, 11) is 1.54. The van der Waals surface area contributed by atoms with Crippen molar-refractivity contribution in [2.24, 2.45) is 5.73 Å². The van der Waals surface area contributed by atoms with E-state index in [0.29, 0.717) is 22.3 Å². The summed E-state index contributed by atoms with van der Waals surface area (Å²) in [5.74, 6) is 0.383. The quantitative estimate of drug-likeness (QED) is 0.801. The maximum Gasteiger partial charge on any atom is 0.250 e. The number of nitrogen functional groups attached to an aromatic ring is 1. The number of nitrogens with two attached hydrogens (primary N) is 2. The summed E-state index contributed by atoms with van der Waals surface area (Å²) >= 11 is 5.94. The third kappa shape index (κ3) is 2.92. The first-order chi connectivity index (χ1) is 9.51. The molecule has 20 heavy (non-hydrogen) atoms. The van der Waals surface area contributed by atoms with Gasteiger partial charge in [0, 0.05) is 5.02 Å². The van der Waals surface area contributed by atoms with E-state index >= 15 is 0 Å². The molecule has 0 aliphatic rings. The Hall–Kier alpha value is -2.47.